The maximum absolute atomic E-state index is 13.7. The van der Waals surface area contributed by atoms with Crippen molar-refractivity contribution in [2.75, 3.05) is 19.6 Å². The summed E-state index contributed by atoms with van der Waals surface area (Å²) in [4.78, 5) is 19.4. The Bertz CT molecular complexity index is 977. The number of rotatable bonds is 6. The highest BCUT2D eigenvalue weighted by Crippen LogP contribution is 2.22. The molecule has 0 atom stereocenters. The zero-order valence-corrected chi connectivity index (χ0v) is 16.5. The summed E-state index contributed by atoms with van der Waals surface area (Å²) in [7, 11) is 0. The Morgan fingerprint density at radius 2 is 1.79 bits per heavy atom. The summed E-state index contributed by atoms with van der Waals surface area (Å²) in [6.45, 7) is 3.13. The van der Waals surface area contributed by atoms with Crippen LogP contribution in [0.2, 0.25) is 0 Å². The van der Waals surface area contributed by atoms with Crippen molar-refractivity contribution >= 4 is 16.8 Å². The smallest absolute Gasteiger partial charge is 0.223 e. The second-order valence-corrected chi connectivity index (χ2v) is 7.68. The molecule has 1 aliphatic rings. The molecule has 1 amide bonds. The Kier molecular flexibility index (Phi) is 6.15. The monoisotopic (exact) mass is 391 g/mol. The number of benzene rings is 2. The first-order valence-electron chi connectivity index (χ1n) is 10.3. The molecule has 0 saturated carbocycles. The van der Waals surface area contributed by atoms with Gasteiger partial charge in [0, 0.05) is 30.6 Å². The van der Waals surface area contributed by atoms with Gasteiger partial charge in [-0.3, -0.25) is 14.7 Å². The number of carbonyl (C=O) groups excluding carboxylic acids is 1. The Hall–Kier alpha value is -2.79. The van der Waals surface area contributed by atoms with Crippen LogP contribution < -0.4 is 5.32 Å². The Balaban J connectivity index is 1.26. The highest BCUT2D eigenvalue weighted by molar-refractivity contribution is 5.81. The summed E-state index contributed by atoms with van der Waals surface area (Å²) in [5.74, 6) is -0.0803. The first-order valence-corrected chi connectivity index (χ1v) is 10.3. The van der Waals surface area contributed by atoms with E-state index < -0.39 is 0 Å². The number of amides is 1. The minimum atomic E-state index is -0.210. The van der Waals surface area contributed by atoms with Crippen LogP contribution in [0, 0.1) is 11.7 Å². The van der Waals surface area contributed by atoms with Gasteiger partial charge < -0.3 is 5.32 Å². The van der Waals surface area contributed by atoms with Gasteiger partial charge in [0.1, 0.15) is 5.82 Å². The fourth-order valence-electron chi connectivity index (χ4n) is 4.06. The van der Waals surface area contributed by atoms with Crippen molar-refractivity contribution in [1.82, 2.24) is 15.2 Å². The largest absolute Gasteiger partial charge is 0.356 e. The quantitative estimate of drug-likeness (QED) is 0.692. The first-order chi connectivity index (χ1) is 14.2. The van der Waals surface area contributed by atoms with Gasteiger partial charge in [-0.25, -0.2) is 4.39 Å². The van der Waals surface area contributed by atoms with Crippen LogP contribution in [-0.2, 0) is 17.8 Å². The summed E-state index contributed by atoms with van der Waals surface area (Å²) >= 11 is 0. The fraction of sp³-hybridized carbons (Fsp3) is 0.333. The van der Waals surface area contributed by atoms with Gasteiger partial charge in [-0.15, -0.1) is 0 Å². The molecule has 3 aromatic rings. The fourth-order valence-corrected chi connectivity index (χ4v) is 4.06. The van der Waals surface area contributed by atoms with E-state index in [1.54, 1.807) is 12.1 Å². The van der Waals surface area contributed by atoms with Gasteiger partial charge in [-0.05, 0) is 55.6 Å². The van der Waals surface area contributed by atoms with Crippen molar-refractivity contribution in [3.05, 3.63) is 77.7 Å². The average Bonchev–Trinajstić information content (AvgIpc) is 2.76. The molecule has 1 aliphatic heterocycles. The Morgan fingerprint density at radius 1 is 1.03 bits per heavy atom. The van der Waals surface area contributed by atoms with Crippen LogP contribution in [-0.4, -0.2) is 35.4 Å². The average molecular weight is 391 g/mol. The molecular formula is C24H26FN3O. The number of hydrogen-bond donors (Lipinski definition) is 1. The van der Waals surface area contributed by atoms with E-state index in [9.17, 15) is 9.18 Å². The lowest BCUT2D eigenvalue weighted by Gasteiger charge is -2.31. The van der Waals surface area contributed by atoms with Crippen molar-refractivity contribution in [3.63, 3.8) is 0 Å². The molecule has 29 heavy (non-hydrogen) atoms. The minimum absolute atomic E-state index is 0.0394. The van der Waals surface area contributed by atoms with E-state index in [2.05, 4.69) is 39.5 Å². The van der Waals surface area contributed by atoms with Crippen LogP contribution in [0.3, 0.4) is 0 Å². The number of para-hydroxylation sites is 1. The maximum Gasteiger partial charge on any atom is 0.223 e. The summed E-state index contributed by atoms with van der Waals surface area (Å²) in [6, 6.07) is 17.1. The summed E-state index contributed by atoms with van der Waals surface area (Å²) in [5.41, 5.74) is 2.94. The molecule has 1 fully saturated rings. The van der Waals surface area contributed by atoms with E-state index >= 15 is 0 Å². The highest BCUT2D eigenvalue weighted by atomic mass is 19.1. The zero-order valence-electron chi connectivity index (χ0n) is 16.5. The first kappa shape index (κ1) is 19.5. The van der Waals surface area contributed by atoms with Gasteiger partial charge in [0.05, 0.1) is 5.52 Å². The zero-order chi connectivity index (χ0) is 20.1. The van der Waals surface area contributed by atoms with E-state index in [-0.39, 0.29) is 17.6 Å². The molecule has 0 radical (unpaired) electrons. The van der Waals surface area contributed by atoms with Crippen LogP contribution in [0.15, 0.2) is 60.8 Å². The minimum Gasteiger partial charge on any atom is -0.356 e. The summed E-state index contributed by atoms with van der Waals surface area (Å²) < 4.78 is 13.7. The summed E-state index contributed by atoms with van der Waals surface area (Å²) in [6.07, 6.45) is 4.06. The summed E-state index contributed by atoms with van der Waals surface area (Å²) in [5, 5.41) is 4.14. The third-order valence-electron chi connectivity index (χ3n) is 5.72. The van der Waals surface area contributed by atoms with Crippen molar-refractivity contribution in [3.8, 4) is 0 Å². The van der Waals surface area contributed by atoms with Crippen LogP contribution in [0.5, 0.6) is 0 Å². The van der Waals surface area contributed by atoms with Crippen molar-refractivity contribution in [1.29, 1.82) is 0 Å². The number of aromatic nitrogens is 1. The number of fused-ring (bicyclic) bond motifs is 1. The molecule has 0 aliphatic carbocycles. The van der Waals surface area contributed by atoms with E-state index in [4.69, 9.17) is 0 Å². The number of pyridine rings is 1. The lowest BCUT2D eigenvalue weighted by Crippen LogP contribution is -2.40. The predicted molar refractivity (Wildman–Crippen MR) is 113 cm³/mol. The molecule has 4 nitrogen and oxygen atoms in total. The number of nitrogens with one attached hydrogen (secondary N) is 1. The molecule has 2 heterocycles. The number of nitrogens with zero attached hydrogens (tertiary/aromatic N) is 2. The van der Waals surface area contributed by atoms with Crippen molar-refractivity contribution in [2.45, 2.75) is 25.8 Å². The van der Waals surface area contributed by atoms with Crippen LogP contribution in [0.25, 0.3) is 10.9 Å². The molecule has 1 saturated heterocycles. The molecule has 1 aromatic heterocycles. The molecular weight excluding hydrogens is 365 g/mol. The second kappa shape index (κ2) is 9.14. The molecule has 150 valence electrons. The molecule has 2 aromatic carbocycles. The van der Waals surface area contributed by atoms with E-state index in [1.165, 1.54) is 11.6 Å². The molecule has 5 heteroatoms. The Labute approximate surface area is 170 Å². The number of likely N-dealkylation sites (tertiary alicyclic amines) is 1. The third kappa shape index (κ3) is 4.80. The van der Waals surface area contributed by atoms with E-state index in [0.29, 0.717) is 18.5 Å². The SMILES string of the molecule is O=C(NCCc1ccccc1F)C1CCN(Cc2cccc3cccnc23)CC1. The maximum atomic E-state index is 13.7. The highest BCUT2D eigenvalue weighted by Gasteiger charge is 2.25. The molecule has 0 bridgehead atoms. The number of carbonyl (C=O) groups is 1. The van der Waals surface area contributed by atoms with Crippen molar-refractivity contribution < 1.29 is 9.18 Å². The lowest BCUT2D eigenvalue weighted by molar-refractivity contribution is -0.126. The Morgan fingerprint density at radius 3 is 2.62 bits per heavy atom. The van der Waals surface area contributed by atoms with Crippen LogP contribution >= 0.6 is 0 Å². The van der Waals surface area contributed by atoms with E-state index in [0.717, 1.165) is 43.4 Å². The van der Waals surface area contributed by atoms with Gasteiger partial charge >= 0.3 is 0 Å². The number of piperidine rings is 1. The third-order valence-corrected chi connectivity index (χ3v) is 5.72. The van der Waals surface area contributed by atoms with Gasteiger partial charge in [-0.1, -0.05) is 42.5 Å². The predicted octanol–water partition coefficient (Wildman–Crippen LogP) is 3.94. The van der Waals surface area contributed by atoms with E-state index in [1.807, 2.05) is 18.3 Å². The van der Waals surface area contributed by atoms with Crippen LogP contribution in [0.1, 0.15) is 24.0 Å². The molecule has 4 rings (SSSR count). The van der Waals surface area contributed by atoms with Crippen LogP contribution in [0.4, 0.5) is 4.39 Å². The van der Waals surface area contributed by atoms with Gasteiger partial charge in [0.15, 0.2) is 0 Å². The second-order valence-electron chi connectivity index (χ2n) is 7.68. The molecule has 0 unspecified atom stereocenters. The van der Waals surface area contributed by atoms with Gasteiger partial charge in [0.25, 0.3) is 0 Å². The standard InChI is InChI=1S/C24H26FN3O/c25-22-9-2-1-5-18(22)10-14-27-24(29)20-11-15-28(16-12-20)17-21-7-3-6-19-8-4-13-26-23(19)21/h1-9,13,20H,10-12,14-17H2,(H,27,29). The normalized spacial score (nSPS) is 15.5. The van der Waals surface area contributed by atoms with Crippen molar-refractivity contribution in [2.24, 2.45) is 5.92 Å². The number of halogens is 1. The topological polar surface area (TPSA) is 45.2 Å². The van der Waals surface area contributed by atoms with Gasteiger partial charge in [0.2, 0.25) is 5.91 Å². The molecule has 0 spiro atoms. The van der Waals surface area contributed by atoms with Gasteiger partial charge in [-0.2, -0.15) is 0 Å². The number of hydrogen-bond acceptors (Lipinski definition) is 3. The molecule has 1 N–H and O–H groups in total. The lowest BCUT2D eigenvalue weighted by atomic mass is 9.95.